The van der Waals surface area contributed by atoms with Crippen molar-refractivity contribution < 1.29 is 24.6 Å². The number of nitrogens with two attached hydrogens (primary N) is 1. The average molecular weight is 422 g/mol. The molecule has 0 bridgehead atoms. The summed E-state index contributed by atoms with van der Waals surface area (Å²) in [5, 5.41) is 19.2. The lowest BCUT2D eigenvalue weighted by molar-refractivity contribution is -0.134. The average Bonchev–Trinajstić information content (AvgIpc) is 3.53. The molecule has 0 spiro atoms. The molecule has 0 radical (unpaired) electrons. The standard InChI is InChI=1S/C20H22N2O.C4H4O4/c21-19(23)20(12-5-13-22-14-10-11-14)17-8-3-1-6-15(17)16-7-2-4-9-18(16)20;5-3(6)1-2-4(7)8/h1-4,6-9,14,22H,5,10-13H2,(H2,21,23);1-2H,(H,5,6)(H,7,8). The van der Waals surface area contributed by atoms with E-state index < -0.39 is 17.4 Å². The van der Waals surface area contributed by atoms with E-state index >= 15 is 0 Å². The van der Waals surface area contributed by atoms with Crippen molar-refractivity contribution in [3.8, 4) is 11.1 Å². The lowest BCUT2D eigenvalue weighted by Gasteiger charge is -2.28. The predicted octanol–water partition coefficient (Wildman–Crippen LogP) is 2.68. The van der Waals surface area contributed by atoms with Crippen molar-refractivity contribution in [2.75, 3.05) is 6.54 Å². The zero-order valence-corrected chi connectivity index (χ0v) is 17.1. The smallest absolute Gasteiger partial charge is 0.328 e. The highest BCUT2D eigenvalue weighted by Crippen LogP contribution is 2.51. The van der Waals surface area contributed by atoms with Crippen LogP contribution >= 0.6 is 0 Å². The zero-order chi connectivity index (χ0) is 22.4. The monoisotopic (exact) mass is 422 g/mol. The summed E-state index contributed by atoms with van der Waals surface area (Å²) in [7, 11) is 0. The van der Waals surface area contributed by atoms with Crippen molar-refractivity contribution in [2.24, 2.45) is 5.73 Å². The molecule has 0 aliphatic heterocycles. The van der Waals surface area contributed by atoms with E-state index in [1.807, 2.05) is 24.3 Å². The first kappa shape index (κ1) is 22.2. The van der Waals surface area contributed by atoms with Gasteiger partial charge in [-0.25, -0.2) is 9.59 Å². The largest absolute Gasteiger partial charge is 0.478 e. The van der Waals surface area contributed by atoms with Crippen molar-refractivity contribution in [1.82, 2.24) is 5.32 Å². The fourth-order valence-corrected chi connectivity index (χ4v) is 4.07. The SMILES string of the molecule is NC(=O)C1(CCCNC2CC2)c2ccccc2-c2ccccc21.O=C(O)C=CC(=O)O. The minimum Gasteiger partial charge on any atom is -0.478 e. The van der Waals surface area contributed by atoms with Crippen molar-refractivity contribution >= 4 is 17.8 Å². The van der Waals surface area contributed by atoms with E-state index in [1.165, 1.54) is 12.8 Å². The number of carboxylic acids is 2. The molecule has 7 heteroatoms. The number of rotatable bonds is 8. The first-order valence-corrected chi connectivity index (χ1v) is 10.2. The summed E-state index contributed by atoms with van der Waals surface area (Å²) < 4.78 is 0. The second-order valence-corrected chi connectivity index (χ2v) is 7.70. The molecule has 1 amide bonds. The molecule has 0 atom stereocenters. The molecular formula is C24H26N2O5. The van der Waals surface area contributed by atoms with E-state index in [0.29, 0.717) is 18.2 Å². The number of primary amides is 1. The first-order valence-electron chi connectivity index (χ1n) is 10.2. The van der Waals surface area contributed by atoms with Crippen LogP contribution in [0, 0.1) is 0 Å². The van der Waals surface area contributed by atoms with Crippen molar-refractivity contribution in [3.05, 3.63) is 71.8 Å². The Hall–Kier alpha value is -3.45. The Balaban J connectivity index is 0.000000293. The molecule has 2 aromatic carbocycles. The first-order chi connectivity index (χ1) is 14.9. The maximum atomic E-state index is 12.6. The van der Waals surface area contributed by atoms with Crippen LogP contribution in [0.25, 0.3) is 11.1 Å². The van der Waals surface area contributed by atoms with Gasteiger partial charge in [0.25, 0.3) is 0 Å². The molecule has 2 aromatic rings. The normalized spacial score (nSPS) is 15.5. The minimum absolute atomic E-state index is 0.235. The summed E-state index contributed by atoms with van der Waals surface area (Å²) in [6, 6.07) is 17.1. The molecule has 1 saturated carbocycles. The van der Waals surface area contributed by atoms with Crippen LogP contribution in [0.15, 0.2) is 60.7 Å². The lowest BCUT2D eigenvalue weighted by Crippen LogP contribution is -2.41. The number of carbonyl (C=O) groups excluding carboxylic acids is 1. The van der Waals surface area contributed by atoms with E-state index in [0.717, 1.165) is 41.6 Å². The van der Waals surface area contributed by atoms with Crippen LogP contribution in [0.3, 0.4) is 0 Å². The van der Waals surface area contributed by atoms with Gasteiger partial charge in [-0.15, -0.1) is 0 Å². The van der Waals surface area contributed by atoms with Crippen molar-refractivity contribution in [3.63, 3.8) is 0 Å². The highest BCUT2D eigenvalue weighted by Gasteiger charge is 2.47. The Morgan fingerprint density at radius 1 is 0.935 bits per heavy atom. The third kappa shape index (κ3) is 5.00. The van der Waals surface area contributed by atoms with Gasteiger partial charge in [0.2, 0.25) is 5.91 Å². The van der Waals surface area contributed by atoms with E-state index in [2.05, 4.69) is 29.6 Å². The van der Waals surface area contributed by atoms with Crippen LogP contribution in [-0.2, 0) is 19.8 Å². The van der Waals surface area contributed by atoms with Gasteiger partial charge in [-0.2, -0.15) is 0 Å². The number of amides is 1. The highest BCUT2D eigenvalue weighted by molar-refractivity contribution is 5.99. The van der Waals surface area contributed by atoms with Gasteiger partial charge in [-0.3, -0.25) is 4.79 Å². The van der Waals surface area contributed by atoms with Crippen LogP contribution in [-0.4, -0.2) is 40.6 Å². The van der Waals surface area contributed by atoms with Gasteiger partial charge in [0.05, 0.1) is 5.41 Å². The molecule has 0 heterocycles. The second kappa shape index (κ2) is 9.57. The van der Waals surface area contributed by atoms with Crippen molar-refractivity contribution in [2.45, 2.75) is 37.1 Å². The Kier molecular flexibility index (Phi) is 6.87. The fourth-order valence-electron chi connectivity index (χ4n) is 4.07. The summed E-state index contributed by atoms with van der Waals surface area (Å²) in [6.07, 6.45) is 5.39. The van der Waals surface area contributed by atoms with Gasteiger partial charge < -0.3 is 21.3 Å². The van der Waals surface area contributed by atoms with Gasteiger partial charge in [0.1, 0.15) is 0 Å². The summed E-state index contributed by atoms with van der Waals surface area (Å²) in [5.41, 5.74) is 9.71. The Morgan fingerprint density at radius 2 is 1.42 bits per heavy atom. The van der Waals surface area contributed by atoms with Crippen LogP contribution in [0.1, 0.15) is 36.8 Å². The van der Waals surface area contributed by atoms with E-state index in [-0.39, 0.29) is 5.91 Å². The van der Waals surface area contributed by atoms with Crippen molar-refractivity contribution in [1.29, 1.82) is 0 Å². The number of nitrogens with one attached hydrogen (secondary N) is 1. The summed E-state index contributed by atoms with van der Waals surface area (Å²) in [4.78, 5) is 31.7. The maximum absolute atomic E-state index is 12.6. The molecule has 31 heavy (non-hydrogen) atoms. The number of hydrogen-bond acceptors (Lipinski definition) is 4. The molecule has 162 valence electrons. The molecule has 0 saturated heterocycles. The third-order valence-corrected chi connectivity index (χ3v) is 5.59. The quantitative estimate of drug-likeness (QED) is 0.382. The third-order valence-electron chi connectivity index (χ3n) is 5.59. The van der Waals surface area contributed by atoms with E-state index in [9.17, 15) is 14.4 Å². The zero-order valence-electron chi connectivity index (χ0n) is 17.1. The minimum atomic E-state index is -1.26. The molecule has 5 N–H and O–H groups in total. The molecule has 2 aliphatic carbocycles. The molecule has 7 nitrogen and oxygen atoms in total. The predicted molar refractivity (Wildman–Crippen MR) is 117 cm³/mol. The molecule has 0 aromatic heterocycles. The topological polar surface area (TPSA) is 130 Å². The highest BCUT2D eigenvalue weighted by atomic mass is 16.4. The van der Waals surface area contributed by atoms with Gasteiger partial charge in [0, 0.05) is 18.2 Å². The molecule has 4 rings (SSSR count). The summed E-state index contributed by atoms with van der Waals surface area (Å²) in [6.45, 7) is 0.948. The van der Waals surface area contributed by atoms with Crippen LogP contribution in [0.2, 0.25) is 0 Å². The van der Waals surface area contributed by atoms with E-state index in [4.69, 9.17) is 15.9 Å². The Labute approximate surface area is 180 Å². The fraction of sp³-hybridized carbons (Fsp3) is 0.292. The second-order valence-electron chi connectivity index (χ2n) is 7.70. The van der Waals surface area contributed by atoms with Gasteiger partial charge in [-0.05, 0) is 54.5 Å². The molecule has 1 fully saturated rings. The molecule has 0 unspecified atom stereocenters. The molecule has 2 aliphatic rings. The Bertz CT molecular complexity index is 949. The molecular weight excluding hydrogens is 396 g/mol. The van der Waals surface area contributed by atoms with Crippen LogP contribution < -0.4 is 11.1 Å². The van der Waals surface area contributed by atoms with Crippen LogP contribution in [0.4, 0.5) is 0 Å². The van der Waals surface area contributed by atoms with Crippen LogP contribution in [0.5, 0.6) is 0 Å². The number of aliphatic carboxylic acids is 2. The number of hydrogen-bond donors (Lipinski definition) is 4. The number of benzene rings is 2. The Morgan fingerprint density at radius 3 is 1.84 bits per heavy atom. The lowest BCUT2D eigenvalue weighted by atomic mass is 9.74. The van der Waals surface area contributed by atoms with Gasteiger partial charge in [0.15, 0.2) is 0 Å². The number of fused-ring (bicyclic) bond motifs is 3. The summed E-state index contributed by atoms with van der Waals surface area (Å²) in [5.74, 6) is -2.75. The summed E-state index contributed by atoms with van der Waals surface area (Å²) >= 11 is 0. The van der Waals surface area contributed by atoms with E-state index in [1.54, 1.807) is 0 Å². The maximum Gasteiger partial charge on any atom is 0.328 e. The van der Waals surface area contributed by atoms with Gasteiger partial charge in [-0.1, -0.05) is 48.5 Å². The number of carbonyl (C=O) groups is 3. The number of carboxylic acid groups (broad SMARTS) is 2. The van der Waals surface area contributed by atoms with Gasteiger partial charge >= 0.3 is 11.9 Å².